The van der Waals surface area contributed by atoms with E-state index in [2.05, 4.69) is 4.74 Å². The van der Waals surface area contributed by atoms with Crippen LogP contribution in [-0.4, -0.2) is 20.2 Å². The average Bonchev–Trinajstić information content (AvgIpc) is 1.98. The van der Waals surface area contributed by atoms with Crippen molar-refractivity contribution in [3.05, 3.63) is 11.8 Å². The van der Waals surface area contributed by atoms with E-state index < -0.39 is 0 Å². The molecule has 0 saturated heterocycles. The molecule has 0 aliphatic carbocycles. The molecule has 64 valence electrons. The third-order valence-electron chi connectivity index (χ3n) is 1.29. The molecule has 0 atom stereocenters. The molecule has 0 bridgehead atoms. The maximum Gasteiger partial charge on any atom is 0.337 e. The summed E-state index contributed by atoms with van der Waals surface area (Å²) >= 11 is 0. The fraction of sp³-hybridized carbons (Fsp3) is 0.625. The van der Waals surface area contributed by atoms with Crippen LogP contribution in [0.1, 0.15) is 13.8 Å². The fourth-order valence-corrected chi connectivity index (χ4v) is 0.665. The lowest BCUT2D eigenvalue weighted by molar-refractivity contribution is -0.136. The Morgan fingerprint density at radius 3 is 2.18 bits per heavy atom. The van der Waals surface area contributed by atoms with Gasteiger partial charge in [-0.25, -0.2) is 4.79 Å². The van der Waals surface area contributed by atoms with Crippen LogP contribution in [0.25, 0.3) is 0 Å². The lowest BCUT2D eigenvalue weighted by Crippen LogP contribution is -2.10. The monoisotopic (exact) mass is 158 g/mol. The second kappa shape index (κ2) is 4.77. The molecular formula is C8H14O3. The summed E-state index contributed by atoms with van der Waals surface area (Å²) < 4.78 is 9.26. The van der Waals surface area contributed by atoms with Gasteiger partial charge in [0.2, 0.25) is 0 Å². The van der Waals surface area contributed by atoms with Gasteiger partial charge in [-0.15, -0.1) is 0 Å². The largest absolute Gasteiger partial charge is 0.504 e. The lowest BCUT2D eigenvalue weighted by Gasteiger charge is -2.07. The molecule has 0 fully saturated rings. The van der Waals surface area contributed by atoms with Crippen LogP contribution >= 0.6 is 0 Å². The number of carbonyl (C=O) groups excluding carboxylic acids is 1. The molecule has 0 spiro atoms. The van der Waals surface area contributed by atoms with Crippen LogP contribution in [0, 0.1) is 5.92 Å². The Labute approximate surface area is 67.0 Å². The van der Waals surface area contributed by atoms with E-state index in [4.69, 9.17) is 4.74 Å². The van der Waals surface area contributed by atoms with Gasteiger partial charge < -0.3 is 9.47 Å². The zero-order chi connectivity index (χ0) is 8.85. The van der Waals surface area contributed by atoms with E-state index in [1.54, 1.807) is 0 Å². The Morgan fingerprint density at radius 1 is 1.36 bits per heavy atom. The van der Waals surface area contributed by atoms with Gasteiger partial charge in [0.05, 0.1) is 26.1 Å². The van der Waals surface area contributed by atoms with Crippen molar-refractivity contribution in [2.75, 3.05) is 14.2 Å². The molecule has 0 unspecified atom stereocenters. The van der Waals surface area contributed by atoms with E-state index in [1.165, 1.54) is 20.5 Å². The molecule has 0 N–H and O–H groups in total. The van der Waals surface area contributed by atoms with Gasteiger partial charge in [0.1, 0.15) is 0 Å². The van der Waals surface area contributed by atoms with Gasteiger partial charge in [0.25, 0.3) is 0 Å². The van der Waals surface area contributed by atoms with Crippen LogP contribution < -0.4 is 0 Å². The number of esters is 1. The topological polar surface area (TPSA) is 35.5 Å². The van der Waals surface area contributed by atoms with Crippen LogP contribution in [0.4, 0.5) is 0 Å². The highest BCUT2D eigenvalue weighted by molar-refractivity contribution is 5.88. The van der Waals surface area contributed by atoms with E-state index in [9.17, 15) is 4.79 Å². The number of hydrogen-bond donors (Lipinski definition) is 0. The Balaban J connectivity index is 4.34. The van der Waals surface area contributed by atoms with Gasteiger partial charge in [-0.2, -0.15) is 0 Å². The molecule has 0 aromatic carbocycles. The third-order valence-corrected chi connectivity index (χ3v) is 1.29. The molecule has 0 aliphatic heterocycles. The maximum absolute atomic E-state index is 11.0. The quantitative estimate of drug-likeness (QED) is 0.353. The molecule has 11 heavy (non-hydrogen) atoms. The Hall–Kier alpha value is -0.990. The van der Waals surface area contributed by atoms with Crippen molar-refractivity contribution in [1.29, 1.82) is 0 Å². The first-order valence-corrected chi connectivity index (χ1v) is 3.44. The summed E-state index contributed by atoms with van der Waals surface area (Å²) in [6.45, 7) is 3.81. The molecule has 0 rings (SSSR count). The highest BCUT2D eigenvalue weighted by Gasteiger charge is 2.13. The van der Waals surface area contributed by atoms with Crippen LogP contribution in [-0.2, 0) is 14.3 Å². The minimum Gasteiger partial charge on any atom is -0.504 e. The average molecular weight is 158 g/mol. The Morgan fingerprint density at radius 2 is 1.91 bits per heavy atom. The van der Waals surface area contributed by atoms with Gasteiger partial charge in [0, 0.05) is 0 Å². The molecule has 0 radical (unpaired) electrons. The third kappa shape index (κ3) is 3.07. The lowest BCUT2D eigenvalue weighted by atomic mass is 10.1. The molecule has 0 aliphatic rings. The number of rotatable bonds is 3. The van der Waals surface area contributed by atoms with Crippen molar-refractivity contribution in [2.24, 2.45) is 5.92 Å². The maximum atomic E-state index is 11.0. The van der Waals surface area contributed by atoms with Gasteiger partial charge in [0.15, 0.2) is 0 Å². The molecule has 0 aromatic heterocycles. The Kier molecular flexibility index (Phi) is 4.34. The number of methoxy groups -OCH3 is 2. The Bertz CT molecular complexity index is 159. The molecular weight excluding hydrogens is 144 g/mol. The second-order valence-corrected chi connectivity index (χ2v) is 2.46. The van der Waals surface area contributed by atoms with E-state index in [0.29, 0.717) is 5.57 Å². The first-order chi connectivity index (χ1) is 5.13. The van der Waals surface area contributed by atoms with Gasteiger partial charge in [-0.3, -0.25) is 0 Å². The minimum atomic E-state index is -0.332. The van der Waals surface area contributed by atoms with Gasteiger partial charge in [-0.05, 0) is 5.92 Å². The van der Waals surface area contributed by atoms with Crippen molar-refractivity contribution in [1.82, 2.24) is 0 Å². The summed E-state index contributed by atoms with van der Waals surface area (Å²) in [4.78, 5) is 11.0. The second-order valence-electron chi connectivity index (χ2n) is 2.46. The van der Waals surface area contributed by atoms with Crippen molar-refractivity contribution in [3.63, 3.8) is 0 Å². The first-order valence-electron chi connectivity index (χ1n) is 3.44. The molecule has 0 saturated carbocycles. The smallest absolute Gasteiger partial charge is 0.337 e. The van der Waals surface area contributed by atoms with Gasteiger partial charge >= 0.3 is 5.97 Å². The first kappa shape index (κ1) is 10.0. The van der Waals surface area contributed by atoms with Crippen LogP contribution in [0.15, 0.2) is 11.8 Å². The van der Waals surface area contributed by atoms with Crippen molar-refractivity contribution < 1.29 is 14.3 Å². The summed E-state index contributed by atoms with van der Waals surface area (Å²) in [6, 6.07) is 0. The summed E-state index contributed by atoms with van der Waals surface area (Å²) in [6.07, 6.45) is 1.41. The fourth-order valence-electron chi connectivity index (χ4n) is 0.665. The molecule has 0 aromatic rings. The van der Waals surface area contributed by atoms with E-state index in [0.717, 1.165) is 0 Å². The van der Waals surface area contributed by atoms with Crippen LogP contribution in [0.5, 0.6) is 0 Å². The number of carbonyl (C=O) groups is 1. The van der Waals surface area contributed by atoms with Gasteiger partial charge in [-0.1, -0.05) is 13.8 Å². The minimum absolute atomic E-state index is 0.127. The van der Waals surface area contributed by atoms with E-state index in [-0.39, 0.29) is 11.9 Å². The highest BCUT2D eigenvalue weighted by atomic mass is 16.5. The predicted molar refractivity (Wildman–Crippen MR) is 41.9 cm³/mol. The normalized spacial score (nSPS) is 11.5. The molecule has 0 heterocycles. The standard InChI is InChI=1S/C8H14O3/c1-6(2)7(5-10-3)8(9)11-4/h5-6H,1-4H3/b7-5+. The van der Waals surface area contributed by atoms with Crippen molar-refractivity contribution in [2.45, 2.75) is 13.8 Å². The highest BCUT2D eigenvalue weighted by Crippen LogP contribution is 2.10. The van der Waals surface area contributed by atoms with Crippen molar-refractivity contribution >= 4 is 5.97 Å². The number of ether oxygens (including phenoxy) is 2. The van der Waals surface area contributed by atoms with Crippen LogP contribution in [0.2, 0.25) is 0 Å². The molecule has 3 heteroatoms. The van der Waals surface area contributed by atoms with E-state index in [1.807, 2.05) is 13.8 Å². The van der Waals surface area contributed by atoms with Crippen LogP contribution in [0.3, 0.4) is 0 Å². The van der Waals surface area contributed by atoms with E-state index >= 15 is 0 Å². The zero-order valence-corrected chi connectivity index (χ0v) is 7.38. The zero-order valence-electron chi connectivity index (χ0n) is 7.38. The molecule has 3 nitrogen and oxygen atoms in total. The predicted octanol–water partition coefficient (Wildman–Crippen LogP) is 1.35. The summed E-state index contributed by atoms with van der Waals surface area (Å²) in [5.74, 6) is -0.204. The number of hydrogen-bond acceptors (Lipinski definition) is 3. The molecule has 0 amide bonds. The summed E-state index contributed by atoms with van der Waals surface area (Å²) in [7, 11) is 2.86. The van der Waals surface area contributed by atoms with Crippen molar-refractivity contribution in [3.8, 4) is 0 Å². The SMILES string of the molecule is CO/C=C(/C(=O)OC)C(C)C. The summed E-state index contributed by atoms with van der Waals surface area (Å²) in [5, 5.41) is 0. The summed E-state index contributed by atoms with van der Waals surface area (Å²) in [5.41, 5.74) is 0.551.